The van der Waals surface area contributed by atoms with Crippen LogP contribution in [0.1, 0.15) is 46.6 Å². The number of carbonyl (C=O) groups is 1. The third-order valence-corrected chi connectivity index (χ3v) is 4.96. The number of carbonyl (C=O) groups excluding carboxylic acids is 1. The summed E-state index contributed by atoms with van der Waals surface area (Å²) in [6, 6.07) is 8.67. The number of amides is 1. The zero-order valence-electron chi connectivity index (χ0n) is 14.0. The summed E-state index contributed by atoms with van der Waals surface area (Å²) in [6.07, 6.45) is 0.699. The Morgan fingerprint density at radius 2 is 1.76 bits per heavy atom. The van der Waals surface area contributed by atoms with Crippen LogP contribution in [0.3, 0.4) is 0 Å². The number of nitrogens with two attached hydrogens (primary N) is 1. The average Bonchev–Trinajstić information content (AvgIpc) is 2.37. The highest BCUT2D eigenvalue weighted by Gasteiger charge is 2.31. The summed E-state index contributed by atoms with van der Waals surface area (Å²) in [5.41, 5.74) is 6.33. The van der Waals surface area contributed by atoms with Crippen LogP contribution >= 0.6 is 11.8 Å². The van der Waals surface area contributed by atoms with Gasteiger partial charge in [-0.2, -0.15) is 0 Å². The molecule has 4 heteroatoms. The van der Waals surface area contributed by atoms with Crippen molar-refractivity contribution in [2.45, 2.75) is 62.1 Å². The smallest absolute Gasteiger partial charge is 0.237 e. The van der Waals surface area contributed by atoms with E-state index in [4.69, 9.17) is 5.73 Å². The number of primary amides is 1. The first kappa shape index (κ1) is 18.1. The molecule has 2 atom stereocenters. The molecular weight excluding hydrogens is 280 g/mol. The van der Waals surface area contributed by atoms with E-state index < -0.39 is 5.54 Å². The van der Waals surface area contributed by atoms with Crippen molar-refractivity contribution in [3.05, 3.63) is 29.8 Å². The predicted molar refractivity (Wildman–Crippen MR) is 91.7 cm³/mol. The molecule has 0 aliphatic rings. The zero-order valence-corrected chi connectivity index (χ0v) is 14.8. The maximum atomic E-state index is 11.5. The molecule has 2 unspecified atom stereocenters. The summed E-state index contributed by atoms with van der Waals surface area (Å²) in [5, 5.41) is 3.34. The van der Waals surface area contributed by atoms with Crippen molar-refractivity contribution in [3.63, 3.8) is 0 Å². The molecule has 0 aliphatic heterocycles. The molecule has 0 saturated heterocycles. The van der Waals surface area contributed by atoms with Gasteiger partial charge in [0, 0.05) is 10.1 Å². The molecule has 0 saturated carbocycles. The van der Waals surface area contributed by atoms with E-state index in [-0.39, 0.29) is 11.3 Å². The van der Waals surface area contributed by atoms with Gasteiger partial charge in [-0.1, -0.05) is 39.8 Å². The van der Waals surface area contributed by atoms with Crippen LogP contribution in [0.15, 0.2) is 29.2 Å². The maximum absolute atomic E-state index is 11.5. The highest BCUT2D eigenvalue weighted by molar-refractivity contribution is 7.99. The SMILES string of the molecule is CNC(C)(CC(C)Sc1ccc(C(C)(C)C)cc1)C(N)=O. The van der Waals surface area contributed by atoms with E-state index in [0.29, 0.717) is 11.7 Å². The Morgan fingerprint density at radius 1 is 1.24 bits per heavy atom. The number of hydrogen-bond donors (Lipinski definition) is 2. The van der Waals surface area contributed by atoms with Gasteiger partial charge >= 0.3 is 0 Å². The highest BCUT2D eigenvalue weighted by Crippen LogP contribution is 2.30. The summed E-state index contributed by atoms with van der Waals surface area (Å²) in [6.45, 7) is 10.6. The Balaban J connectivity index is 2.71. The van der Waals surface area contributed by atoms with E-state index in [2.05, 4.69) is 57.3 Å². The topological polar surface area (TPSA) is 55.1 Å². The van der Waals surface area contributed by atoms with Crippen LogP contribution in [0.2, 0.25) is 0 Å². The molecule has 0 aromatic heterocycles. The van der Waals surface area contributed by atoms with Gasteiger partial charge in [-0.05, 0) is 43.5 Å². The van der Waals surface area contributed by atoms with Crippen LogP contribution in [0.25, 0.3) is 0 Å². The molecule has 0 bridgehead atoms. The standard InChI is InChI=1S/C17H28N2OS/c1-12(11-17(5,19-6)15(18)20)21-14-9-7-13(8-10-14)16(2,3)4/h7-10,12,19H,11H2,1-6H3,(H2,18,20). The number of hydrogen-bond acceptors (Lipinski definition) is 3. The van der Waals surface area contributed by atoms with Gasteiger partial charge in [-0.3, -0.25) is 4.79 Å². The molecule has 0 spiro atoms. The monoisotopic (exact) mass is 308 g/mol. The van der Waals surface area contributed by atoms with Gasteiger partial charge < -0.3 is 11.1 Å². The van der Waals surface area contributed by atoms with E-state index in [1.807, 2.05) is 6.92 Å². The summed E-state index contributed by atoms with van der Waals surface area (Å²) >= 11 is 1.77. The van der Waals surface area contributed by atoms with Crippen molar-refractivity contribution in [2.75, 3.05) is 7.05 Å². The van der Waals surface area contributed by atoms with Gasteiger partial charge in [0.1, 0.15) is 0 Å². The maximum Gasteiger partial charge on any atom is 0.237 e. The lowest BCUT2D eigenvalue weighted by Crippen LogP contribution is -2.52. The van der Waals surface area contributed by atoms with Crippen LogP contribution in [-0.2, 0) is 10.2 Å². The molecule has 1 aromatic carbocycles. The largest absolute Gasteiger partial charge is 0.368 e. The Hall–Kier alpha value is -1.00. The highest BCUT2D eigenvalue weighted by atomic mass is 32.2. The Labute approximate surface area is 133 Å². The molecule has 0 fully saturated rings. The zero-order chi connectivity index (χ0) is 16.3. The van der Waals surface area contributed by atoms with E-state index in [9.17, 15) is 4.79 Å². The number of likely N-dealkylation sites (N-methyl/N-ethyl adjacent to an activating group) is 1. The van der Waals surface area contributed by atoms with Crippen LogP contribution in [0.5, 0.6) is 0 Å². The first-order valence-corrected chi connectivity index (χ1v) is 8.22. The number of benzene rings is 1. The van der Waals surface area contributed by atoms with Gasteiger partial charge in [-0.15, -0.1) is 11.8 Å². The molecule has 3 nitrogen and oxygen atoms in total. The second kappa shape index (κ2) is 6.84. The first-order chi connectivity index (χ1) is 9.58. The summed E-state index contributed by atoms with van der Waals surface area (Å²) < 4.78 is 0. The van der Waals surface area contributed by atoms with Crippen LogP contribution in [0.4, 0.5) is 0 Å². The minimum absolute atomic E-state index is 0.172. The first-order valence-electron chi connectivity index (χ1n) is 7.34. The van der Waals surface area contributed by atoms with E-state index in [1.165, 1.54) is 10.5 Å². The molecule has 1 aromatic rings. The second-order valence-electron chi connectivity index (χ2n) is 6.85. The molecule has 1 rings (SSSR count). The lowest BCUT2D eigenvalue weighted by molar-refractivity contribution is -0.123. The van der Waals surface area contributed by atoms with Crippen molar-refractivity contribution in [1.29, 1.82) is 0 Å². The Morgan fingerprint density at radius 3 is 2.14 bits per heavy atom. The fraction of sp³-hybridized carbons (Fsp3) is 0.588. The van der Waals surface area contributed by atoms with Crippen molar-refractivity contribution in [1.82, 2.24) is 5.32 Å². The molecule has 3 N–H and O–H groups in total. The Bertz CT molecular complexity index is 479. The number of thioether (sulfide) groups is 1. The molecule has 21 heavy (non-hydrogen) atoms. The van der Waals surface area contributed by atoms with E-state index >= 15 is 0 Å². The minimum Gasteiger partial charge on any atom is -0.368 e. The lowest BCUT2D eigenvalue weighted by Gasteiger charge is -2.28. The Kier molecular flexibility index (Phi) is 5.88. The third-order valence-electron chi connectivity index (χ3n) is 3.85. The minimum atomic E-state index is -0.655. The van der Waals surface area contributed by atoms with Crippen LogP contribution in [0, 0.1) is 0 Å². The normalized spacial score (nSPS) is 16.3. The summed E-state index contributed by atoms with van der Waals surface area (Å²) in [5.74, 6) is -0.305. The molecule has 0 radical (unpaired) electrons. The van der Waals surface area contributed by atoms with E-state index in [1.54, 1.807) is 18.8 Å². The molecule has 1 amide bonds. The molecule has 0 heterocycles. The number of rotatable bonds is 6. The number of nitrogens with one attached hydrogen (secondary N) is 1. The summed E-state index contributed by atoms with van der Waals surface area (Å²) in [7, 11) is 1.78. The van der Waals surface area contributed by atoms with Gasteiger partial charge in [-0.25, -0.2) is 0 Å². The molecule has 118 valence electrons. The van der Waals surface area contributed by atoms with E-state index in [0.717, 1.165) is 0 Å². The fourth-order valence-electron chi connectivity index (χ4n) is 2.21. The second-order valence-corrected chi connectivity index (χ2v) is 8.37. The van der Waals surface area contributed by atoms with Crippen molar-refractivity contribution in [3.8, 4) is 0 Å². The van der Waals surface area contributed by atoms with Gasteiger partial charge in [0.25, 0.3) is 0 Å². The molecule has 0 aliphatic carbocycles. The van der Waals surface area contributed by atoms with Crippen molar-refractivity contribution < 1.29 is 4.79 Å². The van der Waals surface area contributed by atoms with Crippen LogP contribution < -0.4 is 11.1 Å². The van der Waals surface area contributed by atoms with Gasteiger partial charge in [0.15, 0.2) is 0 Å². The fourth-order valence-corrected chi connectivity index (χ4v) is 3.38. The van der Waals surface area contributed by atoms with Crippen molar-refractivity contribution >= 4 is 17.7 Å². The average molecular weight is 308 g/mol. The summed E-state index contributed by atoms with van der Waals surface area (Å²) in [4.78, 5) is 12.8. The quantitative estimate of drug-likeness (QED) is 0.793. The van der Waals surface area contributed by atoms with Gasteiger partial charge in [0.05, 0.1) is 5.54 Å². The lowest BCUT2D eigenvalue weighted by atomic mass is 9.87. The van der Waals surface area contributed by atoms with Gasteiger partial charge in [0.2, 0.25) is 5.91 Å². The van der Waals surface area contributed by atoms with Crippen molar-refractivity contribution in [2.24, 2.45) is 5.73 Å². The molecular formula is C17H28N2OS. The third kappa shape index (κ3) is 5.04. The van der Waals surface area contributed by atoms with Crippen LogP contribution in [-0.4, -0.2) is 23.7 Å². The predicted octanol–water partition coefficient (Wildman–Crippen LogP) is 3.32.